The largest absolute Gasteiger partial charge is 0.363 e. The van der Waals surface area contributed by atoms with Crippen LogP contribution in [0.25, 0.3) is 0 Å². The number of thioether (sulfide) groups is 1. The molecule has 0 aromatic carbocycles. The quantitative estimate of drug-likeness (QED) is 0.492. The molecule has 1 atom stereocenters. The van der Waals surface area contributed by atoms with E-state index in [4.69, 9.17) is 12.2 Å². The van der Waals surface area contributed by atoms with Gasteiger partial charge in [0.2, 0.25) is 0 Å². The molecule has 1 fully saturated rings. The summed E-state index contributed by atoms with van der Waals surface area (Å²) in [5, 5.41) is 10.6. The van der Waals surface area contributed by atoms with Crippen LogP contribution in [0.2, 0.25) is 0 Å². The number of thiocarbonyl (C=S) groups is 1. The van der Waals surface area contributed by atoms with Crippen molar-refractivity contribution in [3.8, 4) is 0 Å². The van der Waals surface area contributed by atoms with Gasteiger partial charge in [0.15, 0.2) is 5.11 Å². The Bertz CT molecular complexity index is 205. The molecular weight excluding hydrogens is 240 g/mol. The highest BCUT2D eigenvalue weighted by molar-refractivity contribution is 7.99. The molecule has 0 aliphatic carbocycles. The van der Waals surface area contributed by atoms with E-state index in [1.54, 1.807) is 0 Å². The van der Waals surface area contributed by atoms with Gasteiger partial charge in [-0.05, 0) is 58.0 Å². The highest BCUT2D eigenvalue weighted by Gasteiger charge is 2.12. The van der Waals surface area contributed by atoms with Crippen LogP contribution in [0.3, 0.4) is 0 Å². The third-order valence-corrected chi connectivity index (χ3v) is 3.67. The van der Waals surface area contributed by atoms with Crippen LogP contribution < -0.4 is 16.0 Å². The Hall–Kier alpha value is -0.0400. The predicted octanol–water partition coefficient (Wildman–Crippen LogP) is 0.412. The van der Waals surface area contributed by atoms with Gasteiger partial charge in [-0.15, -0.1) is 11.8 Å². The van der Waals surface area contributed by atoms with Crippen LogP contribution in [0, 0.1) is 0 Å². The third-order valence-electron chi connectivity index (χ3n) is 2.27. The van der Waals surface area contributed by atoms with Crippen LogP contribution in [0.5, 0.6) is 0 Å². The molecule has 1 aliphatic heterocycles. The fraction of sp³-hybridized carbons (Fsp3) is 0.900. The second-order valence-electron chi connectivity index (χ2n) is 4.12. The number of hydrogen-bond acceptors (Lipinski definition) is 4. The van der Waals surface area contributed by atoms with Gasteiger partial charge in [0, 0.05) is 6.54 Å². The van der Waals surface area contributed by atoms with Gasteiger partial charge < -0.3 is 15.5 Å². The fourth-order valence-corrected chi connectivity index (χ4v) is 2.70. The van der Waals surface area contributed by atoms with Gasteiger partial charge in [-0.25, -0.2) is 0 Å². The highest BCUT2D eigenvalue weighted by atomic mass is 32.2. The second-order valence-corrected chi connectivity index (χ2v) is 5.74. The molecule has 0 spiro atoms. The SMILES string of the molecule is CN(C)CCCNC(=S)NC1NCCCS1. The molecule has 1 heterocycles. The van der Waals surface area contributed by atoms with Crippen molar-refractivity contribution in [2.24, 2.45) is 0 Å². The normalized spacial score (nSPS) is 20.8. The van der Waals surface area contributed by atoms with Crippen LogP contribution in [-0.2, 0) is 0 Å². The van der Waals surface area contributed by atoms with E-state index in [0.29, 0.717) is 0 Å². The zero-order valence-electron chi connectivity index (χ0n) is 10.1. The van der Waals surface area contributed by atoms with E-state index >= 15 is 0 Å². The number of nitrogens with zero attached hydrogens (tertiary/aromatic N) is 1. The maximum Gasteiger partial charge on any atom is 0.168 e. The molecule has 0 amide bonds. The summed E-state index contributed by atoms with van der Waals surface area (Å²) < 4.78 is 0. The van der Waals surface area contributed by atoms with E-state index in [-0.39, 0.29) is 5.50 Å². The van der Waals surface area contributed by atoms with Crippen LogP contribution in [0.4, 0.5) is 0 Å². The summed E-state index contributed by atoms with van der Waals surface area (Å²) in [7, 11) is 4.16. The van der Waals surface area contributed by atoms with Gasteiger partial charge in [-0.2, -0.15) is 0 Å². The molecule has 3 N–H and O–H groups in total. The van der Waals surface area contributed by atoms with Gasteiger partial charge in [0.05, 0.1) is 0 Å². The zero-order valence-corrected chi connectivity index (χ0v) is 11.7. The fourth-order valence-electron chi connectivity index (χ4n) is 1.43. The van der Waals surface area contributed by atoms with E-state index in [1.165, 1.54) is 12.2 Å². The molecule has 94 valence electrons. The van der Waals surface area contributed by atoms with Crippen molar-refractivity contribution in [3.63, 3.8) is 0 Å². The van der Waals surface area contributed by atoms with Crippen molar-refractivity contribution in [3.05, 3.63) is 0 Å². The van der Waals surface area contributed by atoms with Crippen LogP contribution in [0.15, 0.2) is 0 Å². The van der Waals surface area contributed by atoms with Gasteiger partial charge in [0.25, 0.3) is 0 Å². The molecule has 6 heteroatoms. The Morgan fingerprint density at radius 2 is 2.38 bits per heavy atom. The second kappa shape index (κ2) is 8.11. The zero-order chi connectivity index (χ0) is 11.8. The van der Waals surface area contributed by atoms with E-state index in [2.05, 4.69) is 34.9 Å². The number of rotatable bonds is 5. The topological polar surface area (TPSA) is 39.3 Å². The average Bonchev–Trinajstić information content (AvgIpc) is 2.25. The van der Waals surface area contributed by atoms with E-state index in [1.807, 2.05) is 11.8 Å². The lowest BCUT2D eigenvalue weighted by atomic mass is 10.4. The number of nitrogens with one attached hydrogen (secondary N) is 3. The van der Waals surface area contributed by atoms with Gasteiger partial charge in [-0.3, -0.25) is 5.32 Å². The van der Waals surface area contributed by atoms with E-state index in [9.17, 15) is 0 Å². The monoisotopic (exact) mass is 262 g/mol. The maximum absolute atomic E-state index is 5.22. The first-order chi connectivity index (χ1) is 7.68. The van der Waals surface area contributed by atoms with Gasteiger partial charge in [0.1, 0.15) is 5.50 Å². The molecule has 1 unspecified atom stereocenters. The first kappa shape index (κ1) is 14.0. The predicted molar refractivity (Wildman–Crippen MR) is 75.8 cm³/mol. The number of hydrogen-bond donors (Lipinski definition) is 3. The van der Waals surface area contributed by atoms with Crippen LogP contribution >= 0.6 is 24.0 Å². The Labute approximate surface area is 108 Å². The lowest BCUT2D eigenvalue weighted by Crippen LogP contribution is -2.49. The Morgan fingerprint density at radius 3 is 3.00 bits per heavy atom. The summed E-state index contributed by atoms with van der Waals surface area (Å²) >= 11 is 7.10. The Kier molecular flexibility index (Phi) is 7.11. The molecule has 0 aromatic heterocycles. The minimum absolute atomic E-state index is 0.280. The van der Waals surface area contributed by atoms with Crippen molar-refractivity contribution < 1.29 is 0 Å². The lowest BCUT2D eigenvalue weighted by molar-refractivity contribution is 0.400. The minimum Gasteiger partial charge on any atom is -0.363 e. The highest BCUT2D eigenvalue weighted by Crippen LogP contribution is 2.11. The van der Waals surface area contributed by atoms with Crippen molar-refractivity contribution in [1.82, 2.24) is 20.9 Å². The first-order valence-electron chi connectivity index (χ1n) is 5.72. The Morgan fingerprint density at radius 1 is 1.56 bits per heavy atom. The standard InChI is InChI=1S/C10H22N4S2/c1-14(2)7-3-5-11-9(15)13-10-12-6-4-8-16-10/h10,12H,3-8H2,1-2H3,(H2,11,13,15). The average molecular weight is 262 g/mol. The van der Waals surface area contributed by atoms with Crippen LogP contribution in [0.1, 0.15) is 12.8 Å². The molecule has 0 bridgehead atoms. The molecule has 0 radical (unpaired) electrons. The maximum atomic E-state index is 5.22. The molecule has 1 aliphatic rings. The first-order valence-corrected chi connectivity index (χ1v) is 7.18. The molecule has 16 heavy (non-hydrogen) atoms. The summed E-state index contributed by atoms with van der Waals surface area (Å²) in [6.07, 6.45) is 2.35. The minimum atomic E-state index is 0.280. The van der Waals surface area contributed by atoms with E-state index < -0.39 is 0 Å². The molecule has 1 saturated heterocycles. The van der Waals surface area contributed by atoms with Crippen molar-refractivity contribution in [1.29, 1.82) is 0 Å². The van der Waals surface area contributed by atoms with Crippen molar-refractivity contribution in [2.45, 2.75) is 18.3 Å². The molecule has 1 rings (SSSR count). The third kappa shape index (κ3) is 6.52. The van der Waals surface area contributed by atoms with Gasteiger partial charge >= 0.3 is 0 Å². The molecule has 0 aromatic rings. The molecule has 0 saturated carbocycles. The summed E-state index contributed by atoms with van der Waals surface area (Å²) in [4.78, 5) is 2.18. The van der Waals surface area contributed by atoms with E-state index in [0.717, 1.165) is 31.2 Å². The smallest absolute Gasteiger partial charge is 0.168 e. The van der Waals surface area contributed by atoms with Gasteiger partial charge in [-0.1, -0.05) is 0 Å². The summed E-state index contributed by atoms with van der Waals surface area (Å²) in [5.74, 6) is 1.20. The Balaban J connectivity index is 2.01. The molecule has 4 nitrogen and oxygen atoms in total. The summed E-state index contributed by atoms with van der Waals surface area (Å²) in [5.41, 5.74) is 0.280. The van der Waals surface area contributed by atoms with Crippen LogP contribution in [-0.4, -0.2) is 55.0 Å². The lowest BCUT2D eigenvalue weighted by Gasteiger charge is -2.25. The summed E-state index contributed by atoms with van der Waals surface area (Å²) in [6.45, 7) is 3.10. The van der Waals surface area contributed by atoms with Crippen molar-refractivity contribution in [2.75, 3.05) is 39.5 Å². The van der Waals surface area contributed by atoms with Crippen molar-refractivity contribution >= 4 is 29.1 Å². The summed E-state index contributed by atoms with van der Waals surface area (Å²) in [6, 6.07) is 0. The molecular formula is C10H22N4S2.